The van der Waals surface area contributed by atoms with Gasteiger partial charge in [-0.15, -0.1) is 0 Å². The molecule has 0 aliphatic carbocycles. The summed E-state index contributed by atoms with van der Waals surface area (Å²) in [4.78, 5) is 30.1. The summed E-state index contributed by atoms with van der Waals surface area (Å²) in [6.07, 6.45) is 3.59. The van der Waals surface area contributed by atoms with Crippen LogP contribution in [0, 0.1) is 0 Å². The minimum Gasteiger partial charge on any atom is -0.497 e. The molecule has 2 N–H and O–H groups in total. The van der Waals surface area contributed by atoms with E-state index in [1.807, 2.05) is 12.1 Å². The van der Waals surface area contributed by atoms with Gasteiger partial charge in [-0.2, -0.15) is 0 Å². The third-order valence-electron chi connectivity index (χ3n) is 6.22. The molecule has 2 aliphatic rings. The minimum absolute atomic E-state index is 0.0442. The van der Waals surface area contributed by atoms with Gasteiger partial charge in [-0.05, 0) is 70.7 Å². The third kappa shape index (κ3) is 5.81. The van der Waals surface area contributed by atoms with Crippen molar-refractivity contribution in [3.8, 4) is 5.75 Å². The second kappa shape index (κ2) is 9.77. The van der Waals surface area contributed by atoms with E-state index in [1.54, 1.807) is 27.9 Å². The molecule has 2 aliphatic heterocycles. The number of ether oxygens (including phenoxy) is 1. The molecule has 1 unspecified atom stereocenters. The van der Waals surface area contributed by atoms with Crippen molar-refractivity contribution in [3.63, 3.8) is 0 Å². The van der Waals surface area contributed by atoms with Crippen molar-refractivity contribution >= 4 is 17.7 Å². The number of rotatable bonds is 6. The Bertz CT molecular complexity index is 762. The van der Waals surface area contributed by atoms with Crippen molar-refractivity contribution in [2.45, 2.75) is 64.2 Å². The monoisotopic (exact) mass is 432 g/mol. The lowest BCUT2D eigenvalue weighted by molar-refractivity contribution is -0.123. The Labute approximate surface area is 185 Å². The molecule has 1 aromatic rings. The van der Waals surface area contributed by atoms with E-state index in [1.165, 1.54) is 23.4 Å². The number of nitrogens with one attached hydrogen (secondary N) is 1. The molecule has 0 radical (unpaired) electrons. The van der Waals surface area contributed by atoms with E-state index >= 15 is 0 Å². The van der Waals surface area contributed by atoms with Gasteiger partial charge in [0.15, 0.2) is 0 Å². The molecule has 8 nitrogen and oxygen atoms in total. The molecular formula is C23H36N4O4. The topological polar surface area (TPSA) is 85.4 Å². The molecule has 8 heteroatoms. The second-order valence-corrected chi connectivity index (χ2v) is 9.46. The molecule has 172 valence electrons. The standard InChI is InChI=1S/C23H36N4O4/c1-23(2,3)27(22(29)30)16-20(28)24-17-12-14-25(15-17)21-7-5-6-13-26(21)18-8-10-19(31-4)11-9-18/h8-11,17,21H,5-7,12-16H2,1-4H3,(H,24,28)(H,29,30)/t17-,21?/m1/s1. The summed E-state index contributed by atoms with van der Waals surface area (Å²) in [6, 6.07) is 8.26. The molecule has 2 atom stereocenters. The maximum Gasteiger partial charge on any atom is 0.408 e. The van der Waals surface area contributed by atoms with Crippen molar-refractivity contribution < 1.29 is 19.4 Å². The molecule has 31 heavy (non-hydrogen) atoms. The van der Waals surface area contributed by atoms with Crippen LogP contribution in [0.15, 0.2) is 24.3 Å². The molecule has 0 saturated carbocycles. The first kappa shape index (κ1) is 23.2. The van der Waals surface area contributed by atoms with Crippen LogP contribution in [0.25, 0.3) is 0 Å². The number of nitrogens with zero attached hydrogens (tertiary/aromatic N) is 3. The van der Waals surface area contributed by atoms with E-state index in [-0.39, 0.29) is 18.5 Å². The molecule has 2 heterocycles. The number of methoxy groups -OCH3 is 1. The average Bonchev–Trinajstić information content (AvgIpc) is 3.19. The number of carbonyl (C=O) groups is 2. The van der Waals surface area contributed by atoms with E-state index in [4.69, 9.17) is 4.74 Å². The number of carbonyl (C=O) groups excluding carboxylic acids is 1. The smallest absolute Gasteiger partial charge is 0.408 e. The number of anilines is 1. The zero-order chi connectivity index (χ0) is 22.6. The maximum atomic E-state index is 12.5. The summed E-state index contributed by atoms with van der Waals surface area (Å²) < 4.78 is 5.29. The van der Waals surface area contributed by atoms with Gasteiger partial charge in [-0.3, -0.25) is 14.6 Å². The predicted molar refractivity (Wildman–Crippen MR) is 121 cm³/mol. The van der Waals surface area contributed by atoms with E-state index in [2.05, 4.69) is 27.2 Å². The first-order valence-corrected chi connectivity index (χ1v) is 11.1. The van der Waals surface area contributed by atoms with E-state index in [0.29, 0.717) is 6.17 Å². The Morgan fingerprint density at radius 2 is 1.87 bits per heavy atom. The van der Waals surface area contributed by atoms with Crippen LogP contribution in [0.4, 0.5) is 10.5 Å². The van der Waals surface area contributed by atoms with E-state index < -0.39 is 11.6 Å². The number of carboxylic acid groups (broad SMARTS) is 1. The summed E-state index contributed by atoms with van der Waals surface area (Å²) in [7, 11) is 1.68. The average molecular weight is 433 g/mol. The quantitative estimate of drug-likeness (QED) is 0.719. The Morgan fingerprint density at radius 1 is 1.16 bits per heavy atom. The fraction of sp³-hybridized carbons (Fsp3) is 0.652. The lowest BCUT2D eigenvalue weighted by Gasteiger charge is -2.42. The molecule has 2 amide bonds. The molecular weight excluding hydrogens is 396 g/mol. The number of amides is 2. The highest BCUT2D eigenvalue weighted by Gasteiger charge is 2.35. The van der Waals surface area contributed by atoms with Crippen LogP contribution in [-0.4, -0.2) is 77.9 Å². The summed E-state index contributed by atoms with van der Waals surface area (Å²) >= 11 is 0. The molecule has 2 saturated heterocycles. The van der Waals surface area contributed by atoms with Crippen molar-refractivity contribution in [1.82, 2.24) is 15.1 Å². The summed E-state index contributed by atoms with van der Waals surface area (Å²) in [6.45, 7) is 7.96. The Kier molecular flexibility index (Phi) is 7.30. The summed E-state index contributed by atoms with van der Waals surface area (Å²) in [5.41, 5.74) is 0.575. The normalized spacial score (nSPS) is 22.3. The van der Waals surface area contributed by atoms with Crippen LogP contribution in [0.5, 0.6) is 5.75 Å². The van der Waals surface area contributed by atoms with Crippen molar-refractivity contribution in [3.05, 3.63) is 24.3 Å². The first-order chi connectivity index (χ1) is 14.7. The predicted octanol–water partition coefficient (Wildman–Crippen LogP) is 2.98. The lowest BCUT2D eigenvalue weighted by Crippen LogP contribution is -2.53. The highest BCUT2D eigenvalue weighted by atomic mass is 16.5. The third-order valence-corrected chi connectivity index (χ3v) is 6.22. The second-order valence-electron chi connectivity index (χ2n) is 9.46. The van der Waals surface area contributed by atoms with Gasteiger partial charge in [0.05, 0.1) is 13.3 Å². The van der Waals surface area contributed by atoms with E-state index in [9.17, 15) is 14.7 Å². The largest absolute Gasteiger partial charge is 0.497 e. The molecule has 0 spiro atoms. The minimum atomic E-state index is -1.08. The highest BCUT2D eigenvalue weighted by Crippen LogP contribution is 2.30. The number of piperidine rings is 1. The highest BCUT2D eigenvalue weighted by molar-refractivity contribution is 5.82. The molecule has 0 bridgehead atoms. The molecule has 0 aromatic heterocycles. The molecule has 2 fully saturated rings. The van der Waals surface area contributed by atoms with Gasteiger partial charge in [-0.1, -0.05) is 0 Å². The van der Waals surface area contributed by atoms with E-state index in [0.717, 1.165) is 38.2 Å². The van der Waals surface area contributed by atoms with Gasteiger partial charge in [0.1, 0.15) is 12.3 Å². The summed E-state index contributed by atoms with van der Waals surface area (Å²) in [5.74, 6) is 0.617. The van der Waals surface area contributed by atoms with Gasteiger partial charge < -0.3 is 20.1 Å². The number of hydrogen-bond acceptors (Lipinski definition) is 5. The van der Waals surface area contributed by atoms with Gasteiger partial charge in [0.25, 0.3) is 0 Å². The van der Waals surface area contributed by atoms with Gasteiger partial charge in [0, 0.05) is 36.9 Å². The Balaban J connectivity index is 1.59. The maximum absolute atomic E-state index is 12.5. The fourth-order valence-corrected chi connectivity index (χ4v) is 4.55. The Hall–Kier alpha value is -2.48. The van der Waals surface area contributed by atoms with Gasteiger partial charge in [-0.25, -0.2) is 4.79 Å². The summed E-state index contributed by atoms with van der Waals surface area (Å²) in [5, 5.41) is 12.5. The molecule has 3 rings (SSSR count). The zero-order valence-electron chi connectivity index (χ0n) is 19.1. The van der Waals surface area contributed by atoms with Gasteiger partial charge >= 0.3 is 6.09 Å². The number of hydrogen-bond donors (Lipinski definition) is 2. The first-order valence-electron chi connectivity index (χ1n) is 11.1. The van der Waals surface area contributed by atoms with Crippen LogP contribution in [0.2, 0.25) is 0 Å². The number of benzene rings is 1. The van der Waals surface area contributed by atoms with Crippen molar-refractivity contribution in [2.24, 2.45) is 0 Å². The SMILES string of the molecule is COc1ccc(N2CCCCC2N2CC[C@@H](NC(=O)CN(C(=O)O)C(C)(C)C)C2)cc1. The van der Waals surface area contributed by atoms with Crippen LogP contribution < -0.4 is 15.0 Å². The van der Waals surface area contributed by atoms with Crippen LogP contribution in [0.3, 0.4) is 0 Å². The fourth-order valence-electron chi connectivity index (χ4n) is 4.55. The van der Waals surface area contributed by atoms with Crippen LogP contribution in [-0.2, 0) is 4.79 Å². The zero-order valence-corrected chi connectivity index (χ0v) is 19.1. The Morgan fingerprint density at radius 3 is 2.48 bits per heavy atom. The van der Waals surface area contributed by atoms with Crippen LogP contribution >= 0.6 is 0 Å². The van der Waals surface area contributed by atoms with Crippen molar-refractivity contribution in [2.75, 3.05) is 38.2 Å². The van der Waals surface area contributed by atoms with Gasteiger partial charge in [0.2, 0.25) is 5.91 Å². The van der Waals surface area contributed by atoms with Crippen LogP contribution in [0.1, 0.15) is 46.5 Å². The lowest BCUT2D eigenvalue weighted by atomic mass is 10.1. The molecule has 1 aromatic carbocycles. The number of likely N-dealkylation sites (tertiary alicyclic amines) is 1. The van der Waals surface area contributed by atoms with Crippen molar-refractivity contribution in [1.29, 1.82) is 0 Å².